The van der Waals surface area contributed by atoms with Gasteiger partial charge in [-0.3, -0.25) is 4.79 Å². The molecule has 0 aromatic heterocycles. The molecule has 0 aliphatic carbocycles. The number of nitrogens with one attached hydrogen (secondary N) is 1. The van der Waals surface area contributed by atoms with E-state index < -0.39 is 5.72 Å². The van der Waals surface area contributed by atoms with E-state index in [-0.39, 0.29) is 17.9 Å². The van der Waals surface area contributed by atoms with Crippen LogP contribution in [0.25, 0.3) is 16.8 Å². The number of carbonyl (C=O) groups excluding carboxylic acids is 1. The second kappa shape index (κ2) is 8.02. The van der Waals surface area contributed by atoms with Crippen molar-refractivity contribution >= 4 is 28.4 Å². The van der Waals surface area contributed by atoms with E-state index in [0.29, 0.717) is 6.54 Å². The molecule has 4 nitrogen and oxygen atoms in total. The summed E-state index contributed by atoms with van der Waals surface area (Å²) in [5.41, 5.74) is 3.15. The van der Waals surface area contributed by atoms with Crippen LogP contribution < -0.4 is 15.0 Å². The first-order valence-electron chi connectivity index (χ1n) is 12.1. The first-order chi connectivity index (χ1) is 17.0. The van der Waals surface area contributed by atoms with Crippen LogP contribution in [0.3, 0.4) is 0 Å². The third-order valence-electron chi connectivity index (χ3n) is 7.47. The van der Waals surface area contributed by atoms with Crippen LogP contribution in [-0.2, 0) is 16.8 Å². The van der Waals surface area contributed by atoms with Crippen molar-refractivity contribution in [2.75, 3.05) is 11.4 Å². The number of hydrogen-bond acceptors (Lipinski definition) is 3. The van der Waals surface area contributed by atoms with Gasteiger partial charge in [-0.05, 0) is 60.0 Å². The summed E-state index contributed by atoms with van der Waals surface area (Å²) in [5, 5.41) is 5.43. The minimum atomic E-state index is -0.823. The minimum absolute atomic E-state index is 0.0398. The summed E-state index contributed by atoms with van der Waals surface area (Å²) >= 11 is 0. The summed E-state index contributed by atoms with van der Waals surface area (Å²) < 4.78 is 6.92. The lowest BCUT2D eigenvalue weighted by Gasteiger charge is -2.47. The standard InChI is InChI=1S/C31H28N2O2/c1-30(2)26-14-8-9-15-27(26)33(21-29(34)32-20-22-10-4-3-5-11-22)31(30)19-18-25-24-13-7-6-12-23(24)16-17-28(25)35-31/h3-19H,20-21H2,1-2H3,(H,32,34)/t31-/m1/s1. The normalized spacial score (nSPS) is 19.3. The molecule has 2 heterocycles. The quantitative estimate of drug-likeness (QED) is 0.403. The van der Waals surface area contributed by atoms with Crippen LogP contribution in [0.15, 0.2) is 97.1 Å². The lowest BCUT2D eigenvalue weighted by molar-refractivity contribution is -0.120. The Morgan fingerprint density at radius 2 is 1.63 bits per heavy atom. The van der Waals surface area contributed by atoms with Gasteiger partial charge >= 0.3 is 0 Å². The summed E-state index contributed by atoms with van der Waals surface area (Å²) in [5.74, 6) is 0.795. The molecule has 0 unspecified atom stereocenters. The van der Waals surface area contributed by atoms with Gasteiger partial charge in [-0.25, -0.2) is 0 Å². The third kappa shape index (κ3) is 3.32. The zero-order valence-corrected chi connectivity index (χ0v) is 20.0. The fraction of sp³-hybridized carbons (Fsp3) is 0.194. The second-order valence-electron chi connectivity index (χ2n) is 9.82. The summed E-state index contributed by atoms with van der Waals surface area (Å²) in [6, 6.07) is 30.8. The molecule has 2 aliphatic rings. The van der Waals surface area contributed by atoms with Crippen molar-refractivity contribution in [3.8, 4) is 5.75 Å². The minimum Gasteiger partial charge on any atom is -0.463 e. The van der Waals surface area contributed by atoms with Crippen LogP contribution in [0, 0.1) is 0 Å². The van der Waals surface area contributed by atoms with E-state index in [1.807, 2.05) is 36.4 Å². The molecule has 4 aromatic rings. The number of para-hydroxylation sites is 1. The highest BCUT2D eigenvalue weighted by atomic mass is 16.5. The van der Waals surface area contributed by atoms with Gasteiger partial charge in [0.25, 0.3) is 0 Å². The van der Waals surface area contributed by atoms with Gasteiger partial charge in [-0.15, -0.1) is 0 Å². The SMILES string of the molecule is CC1(C)c2ccccc2N(CC(=O)NCc2ccccc2)[C@@]12C=Cc1c(ccc3ccccc13)O2. The van der Waals surface area contributed by atoms with Gasteiger partial charge in [0.15, 0.2) is 0 Å². The van der Waals surface area contributed by atoms with E-state index in [0.717, 1.165) is 28.0 Å². The number of amides is 1. The van der Waals surface area contributed by atoms with E-state index in [9.17, 15) is 4.79 Å². The average Bonchev–Trinajstić information content (AvgIpc) is 3.06. The Morgan fingerprint density at radius 3 is 2.49 bits per heavy atom. The molecule has 2 aliphatic heterocycles. The van der Waals surface area contributed by atoms with Gasteiger partial charge in [-0.1, -0.05) is 78.9 Å². The topological polar surface area (TPSA) is 41.6 Å². The van der Waals surface area contributed by atoms with Crippen molar-refractivity contribution in [3.63, 3.8) is 0 Å². The fourth-order valence-corrected chi connectivity index (χ4v) is 5.56. The van der Waals surface area contributed by atoms with Crippen molar-refractivity contribution in [2.45, 2.75) is 31.5 Å². The van der Waals surface area contributed by atoms with Gasteiger partial charge in [-0.2, -0.15) is 0 Å². The molecule has 0 fully saturated rings. The van der Waals surface area contributed by atoms with Gasteiger partial charge in [0.1, 0.15) is 12.3 Å². The zero-order chi connectivity index (χ0) is 24.0. The van der Waals surface area contributed by atoms with E-state index in [2.05, 4.69) is 90.8 Å². The Bertz CT molecular complexity index is 1460. The summed E-state index contributed by atoms with van der Waals surface area (Å²) in [7, 11) is 0. The van der Waals surface area contributed by atoms with E-state index >= 15 is 0 Å². The van der Waals surface area contributed by atoms with Crippen LogP contribution in [0.2, 0.25) is 0 Å². The zero-order valence-electron chi connectivity index (χ0n) is 20.0. The molecule has 1 atom stereocenters. The van der Waals surface area contributed by atoms with Crippen molar-refractivity contribution < 1.29 is 9.53 Å². The molecule has 0 saturated carbocycles. The number of fused-ring (bicyclic) bond motifs is 4. The maximum atomic E-state index is 13.2. The highest BCUT2D eigenvalue weighted by molar-refractivity contribution is 5.94. The maximum absolute atomic E-state index is 13.2. The summed E-state index contributed by atoms with van der Waals surface area (Å²) in [4.78, 5) is 15.3. The number of benzene rings is 4. The van der Waals surface area contributed by atoms with Crippen LogP contribution in [0.5, 0.6) is 5.75 Å². The molecule has 1 N–H and O–H groups in total. The first kappa shape index (κ1) is 21.5. The Kier molecular flexibility index (Phi) is 4.92. The van der Waals surface area contributed by atoms with Crippen LogP contribution >= 0.6 is 0 Å². The smallest absolute Gasteiger partial charge is 0.239 e. The number of ether oxygens (including phenoxy) is 1. The second-order valence-corrected chi connectivity index (χ2v) is 9.82. The molecule has 35 heavy (non-hydrogen) atoms. The molecule has 6 rings (SSSR count). The van der Waals surface area contributed by atoms with E-state index in [1.54, 1.807) is 0 Å². The Morgan fingerprint density at radius 1 is 0.886 bits per heavy atom. The molecular weight excluding hydrogens is 432 g/mol. The van der Waals surface area contributed by atoms with Crippen LogP contribution in [0.1, 0.15) is 30.5 Å². The lowest BCUT2D eigenvalue weighted by atomic mass is 9.76. The highest BCUT2D eigenvalue weighted by Gasteiger charge is 2.59. The first-order valence-corrected chi connectivity index (χ1v) is 12.1. The van der Waals surface area contributed by atoms with Gasteiger partial charge in [0, 0.05) is 17.8 Å². The summed E-state index contributed by atoms with van der Waals surface area (Å²) in [6.07, 6.45) is 4.32. The van der Waals surface area contributed by atoms with Gasteiger partial charge in [0.2, 0.25) is 11.6 Å². The molecule has 0 radical (unpaired) electrons. The van der Waals surface area contributed by atoms with Gasteiger partial charge < -0.3 is 15.0 Å². The Labute approximate surface area is 205 Å². The number of rotatable bonds is 4. The molecule has 4 aromatic carbocycles. The molecule has 0 bridgehead atoms. The predicted octanol–water partition coefficient (Wildman–Crippen LogP) is 6.06. The predicted molar refractivity (Wildman–Crippen MR) is 141 cm³/mol. The van der Waals surface area contributed by atoms with Crippen molar-refractivity contribution in [3.05, 3.63) is 114 Å². The molecule has 0 saturated heterocycles. The maximum Gasteiger partial charge on any atom is 0.239 e. The molecular formula is C31H28N2O2. The largest absolute Gasteiger partial charge is 0.463 e. The lowest BCUT2D eigenvalue weighted by Crippen LogP contribution is -2.61. The van der Waals surface area contributed by atoms with Gasteiger partial charge in [0.05, 0.1) is 5.41 Å². The van der Waals surface area contributed by atoms with Crippen molar-refractivity contribution in [1.82, 2.24) is 5.32 Å². The molecule has 1 spiro atoms. The molecule has 174 valence electrons. The number of carbonyl (C=O) groups is 1. The highest BCUT2D eigenvalue weighted by Crippen LogP contribution is 2.55. The summed E-state index contributed by atoms with van der Waals surface area (Å²) in [6.45, 7) is 5.09. The van der Waals surface area contributed by atoms with E-state index in [1.165, 1.54) is 10.9 Å². The Balaban J connectivity index is 1.38. The van der Waals surface area contributed by atoms with Crippen LogP contribution in [0.4, 0.5) is 5.69 Å². The fourth-order valence-electron chi connectivity index (χ4n) is 5.56. The Hall–Kier alpha value is -4.05. The average molecular weight is 461 g/mol. The van der Waals surface area contributed by atoms with Crippen LogP contribution in [-0.4, -0.2) is 18.2 Å². The molecule has 4 heteroatoms. The number of hydrogen-bond donors (Lipinski definition) is 1. The van der Waals surface area contributed by atoms with Crippen molar-refractivity contribution in [2.24, 2.45) is 0 Å². The number of anilines is 1. The van der Waals surface area contributed by atoms with E-state index in [4.69, 9.17) is 4.74 Å². The number of nitrogens with zero attached hydrogens (tertiary/aromatic N) is 1. The molecule has 1 amide bonds. The monoisotopic (exact) mass is 460 g/mol. The van der Waals surface area contributed by atoms with Crippen molar-refractivity contribution in [1.29, 1.82) is 0 Å². The third-order valence-corrected chi connectivity index (χ3v) is 7.47.